The van der Waals surface area contributed by atoms with Crippen molar-refractivity contribution in [1.29, 1.82) is 0 Å². The minimum Gasteiger partial charge on any atom is -0.444 e. The summed E-state index contributed by atoms with van der Waals surface area (Å²) in [6, 6.07) is -1.89. The van der Waals surface area contributed by atoms with Crippen molar-refractivity contribution in [1.82, 2.24) is 10.2 Å². The molecule has 0 aromatic heterocycles. The number of hydrogen-bond donors (Lipinski definition) is 3. The van der Waals surface area contributed by atoms with Crippen molar-refractivity contribution in [2.45, 2.75) is 70.2 Å². The number of aliphatic hydroxyl groups is 1. The molecule has 1 aliphatic carbocycles. The summed E-state index contributed by atoms with van der Waals surface area (Å²) in [5, 5.41) is 12.4. The van der Waals surface area contributed by atoms with Crippen LogP contribution < -0.4 is 11.1 Å². The molecule has 0 aromatic carbocycles. The first-order valence-corrected chi connectivity index (χ1v) is 9.90. The number of alkyl carbamates (subject to hydrolysis) is 1. The van der Waals surface area contributed by atoms with Crippen molar-refractivity contribution in [3.8, 4) is 11.8 Å². The van der Waals surface area contributed by atoms with Crippen LogP contribution in [0.25, 0.3) is 0 Å². The lowest BCUT2D eigenvalue weighted by atomic mass is 10.1. The zero-order valence-electron chi connectivity index (χ0n) is 17.3. The summed E-state index contributed by atoms with van der Waals surface area (Å²) in [5.74, 6) is 5.28. The number of nitrogens with two attached hydrogens (primary N) is 1. The average molecular weight is 409 g/mol. The van der Waals surface area contributed by atoms with Gasteiger partial charge in [-0.05, 0) is 33.6 Å². The third kappa shape index (κ3) is 7.91. The highest BCUT2D eigenvalue weighted by atomic mass is 16.6. The van der Waals surface area contributed by atoms with Gasteiger partial charge in [-0.3, -0.25) is 9.59 Å². The first-order valence-electron chi connectivity index (χ1n) is 9.90. The Hall–Kier alpha value is -2.31. The average Bonchev–Trinajstić information content (AvgIpc) is 3.34. The molecule has 2 rings (SSSR count). The molecule has 9 nitrogen and oxygen atoms in total. The fourth-order valence-corrected chi connectivity index (χ4v) is 2.97. The van der Waals surface area contributed by atoms with Crippen molar-refractivity contribution < 1.29 is 29.0 Å². The van der Waals surface area contributed by atoms with Crippen molar-refractivity contribution in [3.05, 3.63) is 0 Å². The molecule has 0 unspecified atom stereocenters. The molecule has 9 heteroatoms. The molecule has 1 aliphatic heterocycles. The number of primary amides is 1. The van der Waals surface area contributed by atoms with Crippen LogP contribution in [-0.4, -0.2) is 71.5 Å². The fourth-order valence-electron chi connectivity index (χ4n) is 2.97. The second-order valence-electron chi connectivity index (χ2n) is 8.43. The molecule has 29 heavy (non-hydrogen) atoms. The SMILES string of the molecule is CC(C)(C)OC(=O)N[C@@H](CCOCC#CC1CC1)C(=O)N1C[C@H](O)C[C@H]1C(N)=O. The lowest BCUT2D eigenvalue weighted by Crippen LogP contribution is -2.53. The van der Waals surface area contributed by atoms with Gasteiger partial charge in [-0.2, -0.15) is 0 Å². The maximum absolute atomic E-state index is 13.0. The monoisotopic (exact) mass is 409 g/mol. The van der Waals surface area contributed by atoms with Crippen LogP contribution >= 0.6 is 0 Å². The van der Waals surface area contributed by atoms with E-state index in [2.05, 4.69) is 17.2 Å². The van der Waals surface area contributed by atoms with Gasteiger partial charge in [0.15, 0.2) is 0 Å². The summed E-state index contributed by atoms with van der Waals surface area (Å²) >= 11 is 0. The lowest BCUT2D eigenvalue weighted by molar-refractivity contribution is -0.139. The highest BCUT2D eigenvalue weighted by Gasteiger charge is 2.40. The lowest BCUT2D eigenvalue weighted by Gasteiger charge is -2.28. The molecule has 162 valence electrons. The largest absolute Gasteiger partial charge is 0.444 e. The number of aliphatic hydroxyl groups excluding tert-OH is 1. The van der Waals surface area contributed by atoms with E-state index in [0.29, 0.717) is 5.92 Å². The van der Waals surface area contributed by atoms with Crippen molar-refractivity contribution in [2.75, 3.05) is 19.8 Å². The highest BCUT2D eigenvalue weighted by Crippen LogP contribution is 2.27. The van der Waals surface area contributed by atoms with Gasteiger partial charge in [0.05, 0.1) is 12.7 Å². The predicted molar refractivity (Wildman–Crippen MR) is 104 cm³/mol. The Morgan fingerprint density at radius 2 is 2.00 bits per heavy atom. The summed E-state index contributed by atoms with van der Waals surface area (Å²) in [6.07, 6.45) is 0.916. The van der Waals surface area contributed by atoms with E-state index < -0.39 is 41.7 Å². The maximum atomic E-state index is 13.0. The summed E-state index contributed by atoms with van der Waals surface area (Å²) in [7, 11) is 0. The van der Waals surface area contributed by atoms with Gasteiger partial charge in [0.1, 0.15) is 24.3 Å². The molecule has 0 aromatic rings. The van der Waals surface area contributed by atoms with E-state index in [1.807, 2.05) is 0 Å². The van der Waals surface area contributed by atoms with Crippen LogP contribution in [0.1, 0.15) is 46.5 Å². The van der Waals surface area contributed by atoms with E-state index in [9.17, 15) is 19.5 Å². The third-order valence-corrected chi connectivity index (χ3v) is 4.49. The van der Waals surface area contributed by atoms with Gasteiger partial charge in [-0.25, -0.2) is 4.79 Å². The Morgan fingerprint density at radius 3 is 2.59 bits per heavy atom. The number of hydrogen-bond acceptors (Lipinski definition) is 6. The molecule has 0 radical (unpaired) electrons. The maximum Gasteiger partial charge on any atom is 0.408 e. The fraction of sp³-hybridized carbons (Fsp3) is 0.750. The Kier molecular flexibility index (Phi) is 7.88. The van der Waals surface area contributed by atoms with E-state index in [0.717, 1.165) is 12.8 Å². The summed E-state index contributed by atoms with van der Waals surface area (Å²) < 4.78 is 10.7. The smallest absolute Gasteiger partial charge is 0.408 e. The minimum absolute atomic E-state index is 0.0212. The molecule has 2 fully saturated rings. The Labute approximate surface area is 171 Å². The number of β-amino-alcohol motifs (C(OH)–C–C–N with tert-alkyl or cyclic N) is 1. The number of likely N-dealkylation sites (tertiary alicyclic amines) is 1. The number of nitrogens with zero attached hydrogens (tertiary/aromatic N) is 1. The van der Waals surface area contributed by atoms with E-state index in [-0.39, 0.29) is 32.6 Å². The standard InChI is InChI=1S/C20H31N3O6/c1-20(2,3)29-19(27)22-15(8-10-28-9-4-5-13-6-7-13)18(26)23-12-14(24)11-16(23)17(21)25/h13-16,24H,6-12H2,1-3H3,(H2,21,25)(H,22,27)/t14-,15+,16+/m1/s1. The van der Waals surface area contributed by atoms with Crippen molar-refractivity contribution in [3.63, 3.8) is 0 Å². The van der Waals surface area contributed by atoms with Crippen LogP contribution in [0.5, 0.6) is 0 Å². The molecular weight excluding hydrogens is 378 g/mol. The number of amides is 3. The van der Waals surface area contributed by atoms with Gasteiger partial charge in [0, 0.05) is 25.3 Å². The molecule has 1 saturated heterocycles. The number of carbonyl (C=O) groups is 3. The molecule has 3 amide bonds. The number of carbonyl (C=O) groups excluding carboxylic acids is 3. The number of nitrogens with one attached hydrogen (secondary N) is 1. The predicted octanol–water partition coefficient (Wildman–Crippen LogP) is 0.147. The first kappa shape index (κ1) is 23.0. The normalized spacial score (nSPS) is 22.4. The topological polar surface area (TPSA) is 131 Å². The van der Waals surface area contributed by atoms with Crippen LogP contribution in [0.3, 0.4) is 0 Å². The van der Waals surface area contributed by atoms with Gasteiger partial charge in [-0.15, -0.1) is 0 Å². The Balaban J connectivity index is 1.97. The summed E-state index contributed by atoms with van der Waals surface area (Å²) in [5.41, 5.74) is 4.63. The zero-order valence-corrected chi connectivity index (χ0v) is 17.3. The minimum atomic E-state index is -0.978. The summed E-state index contributed by atoms with van der Waals surface area (Å²) in [6.45, 7) is 5.55. The molecule has 1 heterocycles. The zero-order chi connectivity index (χ0) is 21.6. The quantitative estimate of drug-likeness (QED) is 0.405. The number of rotatable bonds is 7. The van der Waals surface area contributed by atoms with E-state index >= 15 is 0 Å². The Morgan fingerprint density at radius 1 is 1.31 bits per heavy atom. The second kappa shape index (κ2) is 9.94. The van der Waals surface area contributed by atoms with Gasteiger partial charge in [0.25, 0.3) is 0 Å². The molecule has 2 aliphatic rings. The highest BCUT2D eigenvalue weighted by molar-refractivity contribution is 5.91. The van der Waals surface area contributed by atoms with Crippen LogP contribution in [0, 0.1) is 17.8 Å². The summed E-state index contributed by atoms with van der Waals surface area (Å²) in [4.78, 5) is 38.0. The molecular formula is C20H31N3O6. The van der Waals surface area contributed by atoms with Crippen LogP contribution in [0.2, 0.25) is 0 Å². The van der Waals surface area contributed by atoms with Gasteiger partial charge >= 0.3 is 6.09 Å². The van der Waals surface area contributed by atoms with Gasteiger partial charge in [0.2, 0.25) is 11.8 Å². The van der Waals surface area contributed by atoms with E-state index in [1.54, 1.807) is 20.8 Å². The van der Waals surface area contributed by atoms with Crippen LogP contribution in [0.15, 0.2) is 0 Å². The molecule has 0 spiro atoms. The third-order valence-electron chi connectivity index (χ3n) is 4.49. The van der Waals surface area contributed by atoms with Crippen LogP contribution in [-0.2, 0) is 19.1 Å². The first-order chi connectivity index (χ1) is 13.6. The van der Waals surface area contributed by atoms with E-state index in [4.69, 9.17) is 15.2 Å². The van der Waals surface area contributed by atoms with Crippen LogP contribution in [0.4, 0.5) is 4.79 Å². The molecule has 1 saturated carbocycles. The van der Waals surface area contributed by atoms with E-state index in [1.165, 1.54) is 4.90 Å². The van der Waals surface area contributed by atoms with Gasteiger partial charge in [-0.1, -0.05) is 11.8 Å². The van der Waals surface area contributed by atoms with Crippen molar-refractivity contribution >= 4 is 17.9 Å². The number of ether oxygens (including phenoxy) is 2. The molecule has 3 atom stereocenters. The molecule has 4 N–H and O–H groups in total. The Bertz CT molecular complexity index is 674. The second-order valence-corrected chi connectivity index (χ2v) is 8.43. The van der Waals surface area contributed by atoms with Crippen molar-refractivity contribution in [2.24, 2.45) is 11.7 Å². The molecule has 0 bridgehead atoms. The van der Waals surface area contributed by atoms with Gasteiger partial charge < -0.3 is 30.5 Å².